The van der Waals surface area contributed by atoms with E-state index in [9.17, 15) is 4.39 Å². The van der Waals surface area contributed by atoms with Crippen LogP contribution in [0.4, 0.5) is 4.39 Å². The van der Waals surface area contributed by atoms with E-state index in [0.717, 1.165) is 30.0 Å². The average molecular weight is 268 g/mol. The van der Waals surface area contributed by atoms with Crippen LogP contribution in [0.2, 0.25) is 0 Å². The Labute approximate surface area is 113 Å². The molecule has 0 bridgehead atoms. The van der Waals surface area contributed by atoms with E-state index in [-0.39, 0.29) is 5.82 Å². The first kappa shape index (κ1) is 13.8. The SMILES string of the molecule is CC1SCCN(Cc2cc(F)ccc2CN)C1C. The van der Waals surface area contributed by atoms with Gasteiger partial charge in [-0.15, -0.1) is 0 Å². The fourth-order valence-electron chi connectivity index (χ4n) is 2.38. The molecule has 0 aromatic heterocycles. The van der Waals surface area contributed by atoms with Gasteiger partial charge in [0, 0.05) is 36.7 Å². The van der Waals surface area contributed by atoms with Crippen LogP contribution in [0.15, 0.2) is 18.2 Å². The highest BCUT2D eigenvalue weighted by atomic mass is 32.2. The van der Waals surface area contributed by atoms with Crippen molar-refractivity contribution in [2.24, 2.45) is 5.73 Å². The summed E-state index contributed by atoms with van der Waals surface area (Å²) in [5, 5.41) is 0.633. The Bertz CT molecular complexity index is 411. The lowest BCUT2D eigenvalue weighted by Gasteiger charge is -2.37. The van der Waals surface area contributed by atoms with Crippen molar-refractivity contribution in [3.63, 3.8) is 0 Å². The molecule has 1 fully saturated rings. The summed E-state index contributed by atoms with van der Waals surface area (Å²) in [4.78, 5) is 2.43. The lowest BCUT2D eigenvalue weighted by Crippen LogP contribution is -2.44. The molecule has 0 amide bonds. The Hall–Kier alpha value is -0.580. The number of benzene rings is 1. The second-order valence-electron chi connectivity index (χ2n) is 4.90. The van der Waals surface area contributed by atoms with E-state index < -0.39 is 0 Å². The number of nitrogens with two attached hydrogens (primary N) is 1. The molecule has 0 aliphatic carbocycles. The smallest absolute Gasteiger partial charge is 0.123 e. The van der Waals surface area contributed by atoms with Crippen molar-refractivity contribution >= 4 is 11.8 Å². The second-order valence-corrected chi connectivity index (χ2v) is 6.39. The predicted octanol–water partition coefficient (Wildman–Crippen LogP) is 2.61. The minimum absolute atomic E-state index is 0.172. The molecular weight excluding hydrogens is 247 g/mol. The van der Waals surface area contributed by atoms with Crippen molar-refractivity contribution in [1.29, 1.82) is 0 Å². The Morgan fingerprint density at radius 1 is 1.39 bits per heavy atom. The Balaban J connectivity index is 2.15. The molecule has 1 aromatic rings. The fraction of sp³-hybridized carbons (Fsp3) is 0.571. The molecule has 4 heteroatoms. The Morgan fingerprint density at radius 2 is 2.17 bits per heavy atom. The molecule has 2 N–H and O–H groups in total. The number of hydrogen-bond acceptors (Lipinski definition) is 3. The van der Waals surface area contributed by atoms with Gasteiger partial charge in [0.2, 0.25) is 0 Å². The van der Waals surface area contributed by atoms with Gasteiger partial charge in [0.05, 0.1) is 0 Å². The second kappa shape index (κ2) is 6.04. The van der Waals surface area contributed by atoms with E-state index in [1.807, 2.05) is 11.8 Å². The van der Waals surface area contributed by atoms with Crippen LogP contribution >= 0.6 is 11.8 Å². The molecule has 1 aliphatic heterocycles. The van der Waals surface area contributed by atoms with Gasteiger partial charge in [-0.05, 0) is 30.2 Å². The zero-order valence-electron chi connectivity index (χ0n) is 11.0. The zero-order chi connectivity index (χ0) is 13.1. The van der Waals surface area contributed by atoms with Crippen molar-refractivity contribution in [2.75, 3.05) is 12.3 Å². The van der Waals surface area contributed by atoms with Crippen LogP contribution in [-0.2, 0) is 13.1 Å². The summed E-state index contributed by atoms with van der Waals surface area (Å²) >= 11 is 2.01. The minimum atomic E-state index is -0.172. The van der Waals surface area contributed by atoms with Gasteiger partial charge < -0.3 is 5.73 Å². The van der Waals surface area contributed by atoms with Crippen LogP contribution in [0.25, 0.3) is 0 Å². The molecule has 18 heavy (non-hydrogen) atoms. The molecule has 1 saturated heterocycles. The van der Waals surface area contributed by atoms with Crippen LogP contribution < -0.4 is 5.73 Å². The number of nitrogens with zero attached hydrogens (tertiary/aromatic N) is 1. The van der Waals surface area contributed by atoms with E-state index in [1.54, 1.807) is 12.1 Å². The third kappa shape index (κ3) is 3.05. The fourth-order valence-corrected chi connectivity index (χ4v) is 3.54. The Kier molecular flexibility index (Phi) is 4.65. The lowest BCUT2D eigenvalue weighted by molar-refractivity contribution is 0.203. The average Bonchev–Trinajstić information content (AvgIpc) is 2.35. The molecule has 2 atom stereocenters. The third-order valence-corrected chi connectivity index (χ3v) is 5.11. The van der Waals surface area contributed by atoms with Crippen LogP contribution in [-0.4, -0.2) is 28.5 Å². The normalized spacial score (nSPS) is 25.3. The summed E-state index contributed by atoms with van der Waals surface area (Å²) in [6, 6.07) is 5.44. The van der Waals surface area contributed by atoms with Crippen molar-refractivity contribution in [3.8, 4) is 0 Å². The van der Waals surface area contributed by atoms with Gasteiger partial charge in [-0.3, -0.25) is 4.90 Å². The molecule has 1 aromatic carbocycles. The number of thioether (sulfide) groups is 1. The van der Waals surface area contributed by atoms with E-state index in [4.69, 9.17) is 5.73 Å². The van der Waals surface area contributed by atoms with E-state index in [2.05, 4.69) is 18.7 Å². The van der Waals surface area contributed by atoms with Crippen LogP contribution in [0.1, 0.15) is 25.0 Å². The number of halogens is 1. The third-order valence-electron chi connectivity index (χ3n) is 3.78. The van der Waals surface area contributed by atoms with Gasteiger partial charge in [-0.1, -0.05) is 13.0 Å². The predicted molar refractivity (Wildman–Crippen MR) is 76.1 cm³/mol. The summed E-state index contributed by atoms with van der Waals surface area (Å²) in [6.45, 7) is 6.85. The van der Waals surface area contributed by atoms with Crippen molar-refractivity contribution in [1.82, 2.24) is 4.90 Å². The van der Waals surface area contributed by atoms with Crippen LogP contribution in [0.5, 0.6) is 0 Å². The first-order valence-corrected chi connectivity index (χ1v) is 7.49. The maximum Gasteiger partial charge on any atom is 0.123 e. The largest absolute Gasteiger partial charge is 0.326 e. The van der Waals surface area contributed by atoms with E-state index in [1.165, 1.54) is 6.07 Å². The highest BCUT2D eigenvalue weighted by Gasteiger charge is 2.25. The number of rotatable bonds is 3. The first-order chi connectivity index (χ1) is 8.61. The quantitative estimate of drug-likeness (QED) is 0.913. The number of hydrogen-bond donors (Lipinski definition) is 1. The molecule has 2 nitrogen and oxygen atoms in total. The lowest BCUT2D eigenvalue weighted by atomic mass is 10.1. The molecular formula is C14H21FN2S. The maximum absolute atomic E-state index is 13.3. The van der Waals surface area contributed by atoms with Gasteiger partial charge in [0.25, 0.3) is 0 Å². The van der Waals surface area contributed by atoms with Gasteiger partial charge in [-0.25, -0.2) is 4.39 Å². The summed E-state index contributed by atoms with van der Waals surface area (Å²) in [6.07, 6.45) is 0. The monoisotopic (exact) mass is 268 g/mol. The van der Waals surface area contributed by atoms with Crippen molar-refractivity contribution < 1.29 is 4.39 Å². The summed E-state index contributed by atoms with van der Waals surface area (Å²) in [5.41, 5.74) is 7.80. The summed E-state index contributed by atoms with van der Waals surface area (Å²) < 4.78 is 13.3. The minimum Gasteiger partial charge on any atom is -0.326 e. The van der Waals surface area contributed by atoms with Gasteiger partial charge in [0.1, 0.15) is 5.82 Å². The van der Waals surface area contributed by atoms with Crippen LogP contribution in [0.3, 0.4) is 0 Å². The maximum atomic E-state index is 13.3. The molecule has 1 aliphatic rings. The van der Waals surface area contributed by atoms with Gasteiger partial charge >= 0.3 is 0 Å². The van der Waals surface area contributed by atoms with Gasteiger partial charge in [-0.2, -0.15) is 11.8 Å². The highest BCUT2D eigenvalue weighted by Crippen LogP contribution is 2.26. The molecule has 1 heterocycles. The Morgan fingerprint density at radius 3 is 2.89 bits per heavy atom. The molecule has 0 saturated carbocycles. The molecule has 100 valence electrons. The standard InChI is InChI=1S/C14H21FN2S/c1-10-11(2)18-6-5-17(10)9-13-7-14(15)4-3-12(13)8-16/h3-4,7,10-11H,5-6,8-9,16H2,1-2H3. The molecule has 0 spiro atoms. The van der Waals surface area contributed by atoms with E-state index >= 15 is 0 Å². The van der Waals surface area contributed by atoms with Crippen molar-refractivity contribution in [2.45, 2.75) is 38.2 Å². The topological polar surface area (TPSA) is 29.3 Å². The summed E-state index contributed by atoms with van der Waals surface area (Å²) in [5.74, 6) is 0.980. The highest BCUT2D eigenvalue weighted by molar-refractivity contribution is 8.00. The van der Waals surface area contributed by atoms with Crippen LogP contribution in [0, 0.1) is 5.82 Å². The van der Waals surface area contributed by atoms with Crippen molar-refractivity contribution in [3.05, 3.63) is 35.1 Å². The van der Waals surface area contributed by atoms with Gasteiger partial charge in [0.15, 0.2) is 0 Å². The summed E-state index contributed by atoms with van der Waals surface area (Å²) in [7, 11) is 0. The van der Waals surface area contributed by atoms with E-state index in [0.29, 0.717) is 17.8 Å². The molecule has 2 unspecified atom stereocenters. The first-order valence-electron chi connectivity index (χ1n) is 6.45. The molecule has 0 radical (unpaired) electrons. The molecule has 2 rings (SSSR count). The zero-order valence-corrected chi connectivity index (χ0v) is 11.8.